The number of carbonyl (C=O) groups excluding carboxylic acids is 2. The Hall–Kier alpha value is -3.33. The highest BCUT2D eigenvalue weighted by Crippen LogP contribution is 2.31. The van der Waals surface area contributed by atoms with Crippen molar-refractivity contribution in [3.05, 3.63) is 135 Å². The van der Waals surface area contributed by atoms with Gasteiger partial charge in [-0.05, 0) is 53.3 Å². The summed E-state index contributed by atoms with van der Waals surface area (Å²) >= 11 is 13.9. The van der Waals surface area contributed by atoms with E-state index < -0.39 is 12.1 Å². The Balaban J connectivity index is 1.27. The second-order valence-corrected chi connectivity index (χ2v) is 13.2. The molecule has 4 aromatic carbocycles. The smallest absolute Gasteiger partial charge is 0.407 e. The van der Waals surface area contributed by atoms with Crippen LogP contribution in [0.25, 0.3) is 0 Å². The first kappa shape index (κ1) is 34.0. The molecule has 0 spiro atoms. The molecular formula is C37H38Cl2N2O4S. The molecule has 1 heterocycles. The minimum atomic E-state index is -0.829. The molecule has 46 heavy (non-hydrogen) atoms. The number of benzene rings is 4. The Morgan fingerprint density at radius 3 is 2.15 bits per heavy atom. The summed E-state index contributed by atoms with van der Waals surface area (Å²) in [6, 6.07) is 32.5. The van der Waals surface area contributed by atoms with E-state index in [2.05, 4.69) is 16.7 Å². The second kappa shape index (κ2) is 17.0. The predicted octanol–water partition coefficient (Wildman–Crippen LogP) is 7.74. The first-order valence-corrected chi connectivity index (χ1v) is 17.1. The molecule has 240 valence electrons. The van der Waals surface area contributed by atoms with Gasteiger partial charge in [-0.3, -0.25) is 4.79 Å². The fourth-order valence-corrected chi connectivity index (χ4v) is 7.12. The Kier molecular flexibility index (Phi) is 12.6. The summed E-state index contributed by atoms with van der Waals surface area (Å²) in [6.07, 6.45) is 1.22. The summed E-state index contributed by atoms with van der Waals surface area (Å²) in [5.74, 6) is 0.317. The summed E-state index contributed by atoms with van der Waals surface area (Å²) in [6.45, 7) is 1.56. The van der Waals surface area contributed by atoms with Gasteiger partial charge in [-0.25, -0.2) is 4.79 Å². The number of carbonyl (C=O) groups is 2. The molecule has 0 aromatic heterocycles. The largest absolute Gasteiger partial charge is 0.453 e. The molecule has 0 saturated carbocycles. The SMILES string of the molecule is COC(=O)N[C@H](C(=O)Cc1ccccc1CC[C@@H]1CNC[C@@H](CSc2ccc(Cl)c(Cl)c2)O1)C(c1ccccc1)c1ccccc1. The van der Waals surface area contributed by atoms with Crippen LogP contribution in [0.1, 0.15) is 34.6 Å². The van der Waals surface area contributed by atoms with Crippen molar-refractivity contribution in [2.24, 2.45) is 0 Å². The average molecular weight is 678 g/mol. The van der Waals surface area contributed by atoms with Crippen molar-refractivity contribution < 1.29 is 19.1 Å². The molecule has 0 radical (unpaired) electrons. The summed E-state index contributed by atoms with van der Waals surface area (Å²) in [7, 11) is 1.31. The van der Waals surface area contributed by atoms with E-state index >= 15 is 0 Å². The highest BCUT2D eigenvalue weighted by molar-refractivity contribution is 7.99. The molecular weight excluding hydrogens is 639 g/mol. The van der Waals surface area contributed by atoms with Crippen molar-refractivity contribution in [2.45, 2.75) is 48.3 Å². The maximum atomic E-state index is 14.2. The number of methoxy groups -OCH3 is 1. The maximum absolute atomic E-state index is 14.2. The Labute approximate surface area is 285 Å². The highest BCUT2D eigenvalue weighted by Gasteiger charge is 2.33. The fourth-order valence-electron chi connectivity index (χ4n) is 5.82. The van der Waals surface area contributed by atoms with Crippen LogP contribution in [-0.4, -0.2) is 56.1 Å². The van der Waals surface area contributed by atoms with Gasteiger partial charge in [0.2, 0.25) is 0 Å². The molecule has 0 bridgehead atoms. The number of alkyl carbamates (subject to hydrolysis) is 1. The third-order valence-electron chi connectivity index (χ3n) is 8.13. The molecule has 1 amide bonds. The van der Waals surface area contributed by atoms with Gasteiger partial charge in [0.05, 0.1) is 29.4 Å². The summed E-state index contributed by atoms with van der Waals surface area (Å²) < 4.78 is 11.4. The normalized spacial score (nSPS) is 17.0. The van der Waals surface area contributed by atoms with Gasteiger partial charge in [0, 0.05) is 36.1 Å². The molecule has 1 saturated heterocycles. The van der Waals surface area contributed by atoms with Gasteiger partial charge in [-0.2, -0.15) is 0 Å². The molecule has 2 N–H and O–H groups in total. The molecule has 6 nitrogen and oxygen atoms in total. The topological polar surface area (TPSA) is 76.7 Å². The summed E-state index contributed by atoms with van der Waals surface area (Å²) in [4.78, 5) is 27.8. The van der Waals surface area contributed by atoms with Crippen LogP contribution in [0.2, 0.25) is 10.0 Å². The number of hydrogen-bond donors (Lipinski definition) is 2. The number of rotatable bonds is 13. The average Bonchev–Trinajstić information content (AvgIpc) is 3.09. The number of nitrogens with one attached hydrogen (secondary N) is 2. The van der Waals surface area contributed by atoms with Gasteiger partial charge in [-0.15, -0.1) is 11.8 Å². The molecule has 1 aliphatic rings. The van der Waals surface area contributed by atoms with Gasteiger partial charge in [0.1, 0.15) is 6.04 Å². The minimum Gasteiger partial charge on any atom is -0.453 e. The van der Waals surface area contributed by atoms with Crippen molar-refractivity contribution in [3.8, 4) is 0 Å². The first-order chi connectivity index (χ1) is 22.4. The third kappa shape index (κ3) is 9.36. The molecule has 0 aliphatic carbocycles. The lowest BCUT2D eigenvalue weighted by Gasteiger charge is -2.31. The van der Waals surface area contributed by atoms with Crippen molar-refractivity contribution in [3.63, 3.8) is 0 Å². The Morgan fingerprint density at radius 1 is 0.870 bits per heavy atom. The van der Waals surface area contributed by atoms with E-state index in [1.807, 2.05) is 97.1 Å². The number of thioether (sulfide) groups is 1. The van der Waals surface area contributed by atoms with Gasteiger partial charge in [-0.1, -0.05) is 108 Å². The van der Waals surface area contributed by atoms with E-state index in [9.17, 15) is 9.59 Å². The lowest BCUT2D eigenvalue weighted by atomic mass is 9.81. The van der Waals surface area contributed by atoms with Crippen LogP contribution in [0, 0.1) is 0 Å². The van der Waals surface area contributed by atoms with Crippen molar-refractivity contribution in [1.82, 2.24) is 10.6 Å². The van der Waals surface area contributed by atoms with Gasteiger partial charge in [0.25, 0.3) is 0 Å². The Morgan fingerprint density at radius 2 is 1.50 bits per heavy atom. The first-order valence-electron chi connectivity index (χ1n) is 15.4. The maximum Gasteiger partial charge on any atom is 0.407 e. The number of morpholine rings is 1. The molecule has 4 aromatic rings. The molecule has 1 fully saturated rings. The number of hydrogen-bond acceptors (Lipinski definition) is 6. The zero-order valence-electron chi connectivity index (χ0n) is 25.7. The van der Waals surface area contributed by atoms with E-state index in [-0.39, 0.29) is 30.3 Å². The highest BCUT2D eigenvalue weighted by atomic mass is 35.5. The van der Waals surface area contributed by atoms with Crippen LogP contribution in [0.4, 0.5) is 4.79 Å². The van der Waals surface area contributed by atoms with Crippen LogP contribution < -0.4 is 10.6 Å². The number of ketones is 1. The van der Waals surface area contributed by atoms with Crippen LogP contribution in [0.15, 0.2) is 108 Å². The van der Waals surface area contributed by atoms with E-state index in [1.54, 1.807) is 11.8 Å². The number of halogens is 2. The number of Topliss-reactive ketones (excluding diaryl/α,β-unsaturated/α-hetero) is 1. The van der Waals surface area contributed by atoms with Crippen LogP contribution in [0.5, 0.6) is 0 Å². The molecule has 0 unspecified atom stereocenters. The zero-order chi connectivity index (χ0) is 32.3. The van der Waals surface area contributed by atoms with Crippen LogP contribution in [0.3, 0.4) is 0 Å². The van der Waals surface area contributed by atoms with E-state index in [4.69, 9.17) is 32.7 Å². The zero-order valence-corrected chi connectivity index (χ0v) is 28.0. The van der Waals surface area contributed by atoms with E-state index in [0.29, 0.717) is 10.0 Å². The standard InChI is InChI=1S/C37H38Cl2N2O4S/c1-44-37(43)41-36(35(26-11-4-2-5-12-26)27-13-6-3-7-14-27)34(42)20-28-15-9-8-10-25(28)16-17-29-22-40-23-30(45-29)24-46-31-18-19-32(38)33(39)21-31/h2-15,18-19,21,29-30,35-36,40H,16-17,20,22-24H2,1H3,(H,41,43)/t29-,30+,36-/m1/s1. The van der Waals surface area contributed by atoms with Gasteiger partial charge in [0.15, 0.2) is 5.78 Å². The van der Waals surface area contributed by atoms with Crippen molar-refractivity contribution in [2.75, 3.05) is 26.0 Å². The number of ether oxygens (including phenoxy) is 2. The predicted molar refractivity (Wildman–Crippen MR) is 186 cm³/mol. The molecule has 5 rings (SSSR count). The molecule has 3 atom stereocenters. The lowest BCUT2D eigenvalue weighted by Crippen LogP contribution is -2.46. The fraction of sp³-hybridized carbons (Fsp3) is 0.297. The van der Waals surface area contributed by atoms with Gasteiger partial charge < -0.3 is 20.1 Å². The van der Waals surface area contributed by atoms with E-state index in [1.165, 1.54) is 7.11 Å². The number of aryl methyl sites for hydroxylation is 1. The van der Waals surface area contributed by atoms with Crippen LogP contribution in [-0.2, 0) is 27.1 Å². The second-order valence-electron chi connectivity index (χ2n) is 11.3. The van der Waals surface area contributed by atoms with Gasteiger partial charge >= 0.3 is 6.09 Å². The minimum absolute atomic E-state index is 0.0474. The quantitative estimate of drug-likeness (QED) is 0.141. The summed E-state index contributed by atoms with van der Waals surface area (Å²) in [5.41, 5.74) is 3.91. The number of amides is 1. The monoisotopic (exact) mass is 676 g/mol. The summed E-state index contributed by atoms with van der Waals surface area (Å²) in [5, 5.41) is 7.48. The lowest BCUT2D eigenvalue weighted by molar-refractivity contribution is -0.120. The third-order valence-corrected chi connectivity index (χ3v) is 10.00. The molecule has 9 heteroatoms. The molecule has 1 aliphatic heterocycles. The van der Waals surface area contributed by atoms with Crippen LogP contribution >= 0.6 is 35.0 Å². The Bertz CT molecular complexity index is 1550. The van der Waals surface area contributed by atoms with E-state index in [0.717, 1.165) is 58.8 Å². The van der Waals surface area contributed by atoms with Crippen molar-refractivity contribution in [1.29, 1.82) is 0 Å². The van der Waals surface area contributed by atoms with Crippen molar-refractivity contribution >= 4 is 46.8 Å².